The number of rotatable bonds is 5. The molecular weight excluding hydrogens is 242 g/mol. The number of aromatic amines is 1. The molecule has 2 rings (SSSR count). The van der Waals surface area contributed by atoms with E-state index in [0.29, 0.717) is 12.3 Å². The van der Waals surface area contributed by atoms with Crippen molar-refractivity contribution in [2.75, 3.05) is 6.54 Å². The van der Waals surface area contributed by atoms with Crippen molar-refractivity contribution in [3.05, 3.63) is 36.5 Å². The van der Waals surface area contributed by atoms with Gasteiger partial charge in [-0.05, 0) is 12.1 Å². The molecule has 0 spiro atoms. The Kier molecular flexibility index (Phi) is 3.30. The summed E-state index contributed by atoms with van der Waals surface area (Å²) in [4.78, 5) is 0.158. The summed E-state index contributed by atoms with van der Waals surface area (Å²) in [5.74, 6) is 0.610. The summed E-state index contributed by atoms with van der Waals surface area (Å²) >= 11 is 0. The van der Waals surface area contributed by atoms with Crippen LogP contribution in [0.1, 0.15) is 12.7 Å². The SMILES string of the molecule is CCN(Cc1ccco1)S(=O)(=O)c1cn[nH]c1. The Morgan fingerprint density at radius 3 is 2.88 bits per heavy atom. The monoisotopic (exact) mass is 255 g/mol. The van der Waals surface area contributed by atoms with Gasteiger partial charge in [-0.25, -0.2) is 8.42 Å². The van der Waals surface area contributed by atoms with E-state index in [-0.39, 0.29) is 11.4 Å². The average molecular weight is 255 g/mol. The first-order chi connectivity index (χ1) is 8.14. The lowest BCUT2D eigenvalue weighted by Gasteiger charge is -2.17. The molecular formula is C10H13N3O3S. The Morgan fingerprint density at radius 2 is 2.35 bits per heavy atom. The highest BCUT2D eigenvalue weighted by Crippen LogP contribution is 2.16. The normalized spacial score (nSPS) is 12.1. The second-order valence-corrected chi connectivity index (χ2v) is 5.38. The molecule has 6 nitrogen and oxygen atoms in total. The van der Waals surface area contributed by atoms with Crippen molar-refractivity contribution in [1.82, 2.24) is 14.5 Å². The van der Waals surface area contributed by atoms with Crippen molar-refractivity contribution in [3.8, 4) is 0 Å². The van der Waals surface area contributed by atoms with Gasteiger partial charge in [-0.15, -0.1) is 0 Å². The van der Waals surface area contributed by atoms with Gasteiger partial charge in [0.2, 0.25) is 10.0 Å². The molecule has 1 N–H and O–H groups in total. The van der Waals surface area contributed by atoms with E-state index in [4.69, 9.17) is 4.42 Å². The van der Waals surface area contributed by atoms with Crippen molar-refractivity contribution in [3.63, 3.8) is 0 Å². The number of sulfonamides is 1. The second kappa shape index (κ2) is 4.72. The molecule has 92 valence electrons. The second-order valence-electron chi connectivity index (χ2n) is 3.44. The molecule has 7 heteroatoms. The summed E-state index contributed by atoms with van der Waals surface area (Å²) in [6.07, 6.45) is 4.17. The van der Waals surface area contributed by atoms with Gasteiger partial charge in [0.05, 0.1) is 19.0 Å². The number of H-pyrrole nitrogens is 1. The molecule has 0 amide bonds. The highest BCUT2D eigenvalue weighted by atomic mass is 32.2. The van der Waals surface area contributed by atoms with Crippen LogP contribution in [0.15, 0.2) is 40.1 Å². The number of hydrogen-bond acceptors (Lipinski definition) is 4. The topological polar surface area (TPSA) is 79.2 Å². The number of nitrogens with one attached hydrogen (secondary N) is 1. The van der Waals surface area contributed by atoms with Gasteiger partial charge in [-0.1, -0.05) is 6.92 Å². The van der Waals surface area contributed by atoms with E-state index >= 15 is 0 Å². The van der Waals surface area contributed by atoms with Crippen LogP contribution in [0.4, 0.5) is 0 Å². The lowest BCUT2D eigenvalue weighted by Crippen LogP contribution is -2.30. The molecule has 0 bridgehead atoms. The number of aromatic nitrogens is 2. The fraction of sp³-hybridized carbons (Fsp3) is 0.300. The molecule has 0 fully saturated rings. The van der Waals surface area contributed by atoms with Crippen molar-refractivity contribution >= 4 is 10.0 Å². The zero-order valence-corrected chi connectivity index (χ0v) is 10.1. The Labute approximate surface area is 99.3 Å². The van der Waals surface area contributed by atoms with Crippen LogP contribution >= 0.6 is 0 Å². The lowest BCUT2D eigenvalue weighted by atomic mass is 10.4. The molecule has 17 heavy (non-hydrogen) atoms. The summed E-state index contributed by atoms with van der Waals surface area (Å²) in [5.41, 5.74) is 0. The zero-order chi connectivity index (χ0) is 12.3. The van der Waals surface area contributed by atoms with Gasteiger partial charge in [0.1, 0.15) is 10.7 Å². The number of hydrogen-bond donors (Lipinski definition) is 1. The van der Waals surface area contributed by atoms with Crippen molar-refractivity contribution in [2.45, 2.75) is 18.4 Å². The molecule has 2 aromatic rings. The first-order valence-corrected chi connectivity index (χ1v) is 6.60. The summed E-state index contributed by atoms with van der Waals surface area (Å²) in [6, 6.07) is 3.47. The van der Waals surface area contributed by atoms with Crippen LogP contribution < -0.4 is 0 Å². The van der Waals surface area contributed by atoms with Gasteiger partial charge in [0, 0.05) is 12.7 Å². The fourth-order valence-corrected chi connectivity index (χ4v) is 2.80. The van der Waals surface area contributed by atoms with Crippen LogP contribution in [0.5, 0.6) is 0 Å². The maximum atomic E-state index is 12.2. The van der Waals surface area contributed by atoms with Crippen LogP contribution in [0, 0.1) is 0 Å². The van der Waals surface area contributed by atoms with Gasteiger partial charge in [-0.3, -0.25) is 5.10 Å². The summed E-state index contributed by atoms with van der Waals surface area (Å²) in [7, 11) is -3.50. The maximum Gasteiger partial charge on any atom is 0.246 e. The van der Waals surface area contributed by atoms with Gasteiger partial charge in [0.15, 0.2) is 0 Å². The Morgan fingerprint density at radius 1 is 1.53 bits per heavy atom. The molecule has 0 atom stereocenters. The van der Waals surface area contributed by atoms with Gasteiger partial charge >= 0.3 is 0 Å². The quantitative estimate of drug-likeness (QED) is 0.871. The lowest BCUT2D eigenvalue weighted by molar-refractivity contribution is 0.375. The minimum atomic E-state index is -3.50. The van der Waals surface area contributed by atoms with E-state index in [9.17, 15) is 8.42 Å². The molecule has 0 aliphatic heterocycles. The summed E-state index contributed by atoms with van der Waals surface area (Å²) < 4.78 is 30.8. The summed E-state index contributed by atoms with van der Waals surface area (Å²) in [6.45, 7) is 2.37. The first-order valence-electron chi connectivity index (χ1n) is 5.16. The third kappa shape index (κ3) is 2.40. The standard InChI is InChI=1S/C10H13N3O3S/c1-2-13(8-9-4-3-5-16-9)17(14,15)10-6-11-12-7-10/h3-7H,2,8H2,1H3,(H,11,12). The van der Waals surface area contributed by atoms with Gasteiger partial charge in [0.25, 0.3) is 0 Å². The summed E-state index contributed by atoms with van der Waals surface area (Å²) in [5, 5.41) is 6.14. The van der Waals surface area contributed by atoms with Crippen molar-refractivity contribution < 1.29 is 12.8 Å². The molecule has 0 aliphatic rings. The Balaban J connectivity index is 2.24. The van der Waals surface area contributed by atoms with E-state index in [2.05, 4.69) is 10.2 Å². The third-order valence-electron chi connectivity index (χ3n) is 2.38. The first kappa shape index (κ1) is 11.9. The molecule has 0 radical (unpaired) electrons. The van der Waals surface area contributed by atoms with Crippen LogP contribution in [0.2, 0.25) is 0 Å². The fourth-order valence-electron chi connectivity index (χ4n) is 1.47. The Bertz CT molecular complexity index is 546. The minimum Gasteiger partial charge on any atom is -0.468 e. The van der Waals surface area contributed by atoms with E-state index in [1.165, 1.54) is 23.0 Å². The molecule has 2 heterocycles. The van der Waals surface area contributed by atoms with Crippen LogP contribution in [-0.4, -0.2) is 29.5 Å². The molecule has 0 aromatic carbocycles. The molecule has 0 aliphatic carbocycles. The van der Waals surface area contributed by atoms with E-state index in [1.54, 1.807) is 19.1 Å². The molecule has 0 saturated carbocycles. The van der Waals surface area contributed by atoms with Crippen LogP contribution in [0.25, 0.3) is 0 Å². The zero-order valence-electron chi connectivity index (χ0n) is 9.33. The third-order valence-corrected chi connectivity index (χ3v) is 4.26. The smallest absolute Gasteiger partial charge is 0.246 e. The Hall–Kier alpha value is -1.60. The minimum absolute atomic E-state index is 0.158. The number of furan rings is 1. The van der Waals surface area contributed by atoms with E-state index < -0.39 is 10.0 Å². The largest absolute Gasteiger partial charge is 0.468 e. The number of nitrogens with zero attached hydrogens (tertiary/aromatic N) is 2. The highest BCUT2D eigenvalue weighted by Gasteiger charge is 2.24. The highest BCUT2D eigenvalue weighted by molar-refractivity contribution is 7.89. The van der Waals surface area contributed by atoms with Crippen LogP contribution in [-0.2, 0) is 16.6 Å². The van der Waals surface area contributed by atoms with E-state index in [1.807, 2.05) is 0 Å². The van der Waals surface area contributed by atoms with Crippen molar-refractivity contribution in [2.24, 2.45) is 0 Å². The predicted molar refractivity (Wildman–Crippen MR) is 60.6 cm³/mol. The van der Waals surface area contributed by atoms with Crippen molar-refractivity contribution in [1.29, 1.82) is 0 Å². The molecule has 2 aromatic heterocycles. The molecule has 0 unspecified atom stereocenters. The maximum absolute atomic E-state index is 12.2. The molecule has 0 saturated heterocycles. The van der Waals surface area contributed by atoms with Crippen LogP contribution in [0.3, 0.4) is 0 Å². The predicted octanol–water partition coefficient (Wildman–Crippen LogP) is 1.21. The average Bonchev–Trinajstić information content (AvgIpc) is 2.98. The van der Waals surface area contributed by atoms with E-state index in [0.717, 1.165) is 0 Å². The van der Waals surface area contributed by atoms with Gasteiger partial charge < -0.3 is 4.42 Å². The van der Waals surface area contributed by atoms with Gasteiger partial charge in [-0.2, -0.15) is 9.40 Å².